The first-order chi connectivity index (χ1) is 8.32. The van der Waals surface area contributed by atoms with Gasteiger partial charge >= 0.3 is 0 Å². The molecule has 1 unspecified atom stereocenters. The lowest BCUT2D eigenvalue weighted by Gasteiger charge is -2.34. The molecule has 0 saturated carbocycles. The number of hydrogen-bond acceptors (Lipinski definition) is 4. The van der Waals surface area contributed by atoms with Crippen molar-refractivity contribution in [2.75, 3.05) is 31.1 Å². The Balaban J connectivity index is 0.00000324. The molecule has 1 N–H and O–H groups in total. The maximum absolute atomic E-state index is 12.0. The van der Waals surface area contributed by atoms with Gasteiger partial charge in [-0.1, -0.05) is 13.8 Å². The van der Waals surface area contributed by atoms with Gasteiger partial charge in [-0.2, -0.15) is 0 Å². The summed E-state index contributed by atoms with van der Waals surface area (Å²) < 4.78 is 23.5. The van der Waals surface area contributed by atoms with E-state index in [-0.39, 0.29) is 48.2 Å². The van der Waals surface area contributed by atoms with Crippen LogP contribution in [0.3, 0.4) is 0 Å². The molecule has 7 heteroatoms. The minimum absolute atomic E-state index is 0. The van der Waals surface area contributed by atoms with Crippen LogP contribution in [-0.2, 0) is 14.6 Å². The number of halogens is 1. The normalized spacial score (nSPS) is 20.2. The Morgan fingerprint density at radius 3 is 2.58 bits per heavy atom. The van der Waals surface area contributed by atoms with Crippen LogP contribution in [0.15, 0.2) is 0 Å². The van der Waals surface area contributed by atoms with Crippen molar-refractivity contribution in [3.05, 3.63) is 0 Å². The minimum atomic E-state index is -3.10. The average molecular weight is 313 g/mol. The lowest BCUT2D eigenvalue weighted by atomic mass is 10.2. The van der Waals surface area contributed by atoms with Gasteiger partial charge in [0.15, 0.2) is 9.84 Å². The molecule has 0 aromatic heterocycles. The summed E-state index contributed by atoms with van der Waals surface area (Å²) >= 11 is 0. The molecule has 1 atom stereocenters. The maximum atomic E-state index is 12.0. The van der Waals surface area contributed by atoms with Crippen LogP contribution in [0.2, 0.25) is 0 Å². The molecular weight excluding hydrogens is 288 g/mol. The van der Waals surface area contributed by atoms with E-state index >= 15 is 0 Å². The predicted octanol–water partition coefficient (Wildman–Crippen LogP) is 0.689. The van der Waals surface area contributed by atoms with Crippen molar-refractivity contribution in [3.63, 3.8) is 0 Å². The van der Waals surface area contributed by atoms with Gasteiger partial charge in [-0.3, -0.25) is 4.79 Å². The number of carbonyl (C=O) groups is 1. The summed E-state index contributed by atoms with van der Waals surface area (Å²) in [6, 6.07) is 0.152. The highest BCUT2D eigenvalue weighted by Gasteiger charge is 2.24. The zero-order valence-electron chi connectivity index (χ0n) is 11.9. The van der Waals surface area contributed by atoms with E-state index in [1.807, 2.05) is 20.8 Å². The van der Waals surface area contributed by atoms with Gasteiger partial charge in [-0.25, -0.2) is 8.42 Å². The van der Waals surface area contributed by atoms with Crippen LogP contribution in [0, 0.1) is 5.92 Å². The monoisotopic (exact) mass is 312 g/mol. The van der Waals surface area contributed by atoms with Crippen molar-refractivity contribution < 1.29 is 13.2 Å². The third-order valence-corrected chi connectivity index (χ3v) is 5.04. The van der Waals surface area contributed by atoms with Crippen molar-refractivity contribution in [1.29, 1.82) is 0 Å². The highest BCUT2D eigenvalue weighted by molar-refractivity contribution is 7.91. The Labute approximate surface area is 122 Å². The van der Waals surface area contributed by atoms with Crippen LogP contribution < -0.4 is 5.32 Å². The quantitative estimate of drug-likeness (QED) is 0.811. The molecule has 0 aliphatic carbocycles. The molecule has 1 rings (SSSR count). The summed E-state index contributed by atoms with van der Waals surface area (Å²) in [5.41, 5.74) is 0. The second-order valence-electron chi connectivity index (χ2n) is 5.40. The largest absolute Gasteiger partial charge is 0.337 e. The van der Waals surface area contributed by atoms with Crippen molar-refractivity contribution in [2.45, 2.75) is 33.2 Å². The Hall–Kier alpha value is -0.330. The van der Waals surface area contributed by atoms with Crippen LogP contribution in [0.1, 0.15) is 27.2 Å². The lowest BCUT2D eigenvalue weighted by Crippen LogP contribution is -2.52. The number of nitrogens with zero attached hydrogens (tertiary/aromatic N) is 1. The van der Waals surface area contributed by atoms with Gasteiger partial charge in [0.2, 0.25) is 5.91 Å². The van der Waals surface area contributed by atoms with Crippen LogP contribution in [0.4, 0.5) is 0 Å². The van der Waals surface area contributed by atoms with Gasteiger partial charge in [-0.15, -0.1) is 12.4 Å². The summed E-state index contributed by atoms with van der Waals surface area (Å²) in [7, 11) is -3.10. The Morgan fingerprint density at radius 2 is 2.05 bits per heavy atom. The van der Waals surface area contributed by atoms with Crippen molar-refractivity contribution in [2.24, 2.45) is 5.92 Å². The zero-order chi connectivity index (χ0) is 13.8. The third kappa shape index (κ3) is 6.58. The molecule has 1 fully saturated rings. The molecule has 1 aliphatic rings. The second-order valence-corrected chi connectivity index (χ2v) is 7.63. The number of rotatable bonds is 5. The molecule has 1 saturated heterocycles. The molecule has 1 amide bonds. The van der Waals surface area contributed by atoms with E-state index in [2.05, 4.69) is 5.32 Å². The third-order valence-electron chi connectivity index (χ3n) is 3.04. The molecule has 19 heavy (non-hydrogen) atoms. The molecule has 0 spiro atoms. The van der Waals surface area contributed by atoms with E-state index in [9.17, 15) is 13.2 Å². The molecule has 0 radical (unpaired) electrons. The first-order valence-electron chi connectivity index (χ1n) is 6.52. The van der Waals surface area contributed by atoms with Gasteiger partial charge in [0, 0.05) is 32.1 Å². The molecule has 1 aliphatic heterocycles. The molecule has 0 bridgehead atoms. The van der Waals surface area contributed by atoms with Gasteiger partial charge in [0.25, 0.3) is 0 Å². The predicted molar refractivity (Wildman–Crippen MR) is 79.4 cm³/mol. The summed E-state index contributed by atoms with van der Waals surface area (Å²) in [6.45, 7) is 7.96. The standard InChI is InChI=1S/C12H24N2O3S.ClH/c1-10(2)9-18(16,17)7-4-12(15)14-6-5-13-8-11(14)3;/h10-11,13H,4-9H2,1-3H3;1H. The van der Waals surface area contributed by atoms with E-state index < -0.39 is 9.84 Å². The van der Waals surface area contributed by atoms with Crippen LogP contribution >= 0.6 is 12.4 Å². The van der Waals surface area contributed by atoms with Gasteiger partial charge in [0.1, 0.15) is 0 Å². The first-order valence-corrected chi connectivity index (χ1v) is 8.34. The van der Waals surface area contributed by atoms with E-state index in [0.29, 0.717) is 6.54 Å². The van der Waals surface area contributed by atoms with E-state index in [4.69, 9.17) is 0 Å². The molecule has 1 heterocycles. The number of sulfone groups is 1. The van der Waals surface area contributed by atoms with Gasteiger partial charge < -0.3 is 10.2 Å². The Morgan fingerprint density at radius 1 is 1.42 bits per heavy atom. The summed E-state index contributed by atoms with van der Waals surface area (Å²) in [5.74, 6) is 0.206. The number of carbonyl (C=O) groups excluding carboxylic acids is 1. The van der Waals surface area contributed by atoms with Crippen molar-refractivity contribution in [3.8, 4) is 0 Å². The molecule has 5 nitrogen and oxygen atoms in total. The fourth-order valence-corrected chi connectivity index (χ4v) is 3.86. The summed E-state index contributed by atoms with van der Waals surface area (Å²) in [4.78, 5) is 13.8. The Kier molecular flexibility index (Phi) is 7.93. The zero-order valence-corrected chi connectivity index (χ0v) is 13.5. The molecule has 0 aromatic carbocycles. The van der Waals surface area contributed by atoms with Gasteiger partial charge in [0.05, 0.1) is 11.5 Å². The number of hydrogen-bond donors (Lipinski definition) is 1. The molecule has 114 valence electrons. The van der Waals surface area contributed by atoms with Crippen LogP contribution in [0.5, 0.6) is 0 Å². The molecule has 0 aromatic rings. The fourth-order valence-electron chi connectivity index (χ4n) is 2.19. The van der Waals surface area contributed by atoms with E-state index in [0.717, 1.165) is 13.1 Å². The topological polar surface area (TPSA) is 66.5 Å². The lowest BCUT2D eigenvalue weighted by molar-refractivity contribution is -0.133. The van der Waals surface area contributed by atoms with Crippen molar-refractivity contribution in [1.82, 2.24) is 10.2 Å². The smallest absolute Gasteiger partial charge is 0.223 e. The SMILES string of the molecule is CC(C)CS(=O)(=O)CCC(=O)N1CCNCC1C.Cl. The first kappa shape index (κ1) is 18.7. The van der Waals surface area contributed by atoms with E-state index in [1.165, 1.54) is 0 Å². The fraction of sp³-hybridized carbons (Fsp3) is 0.917. The minimum Gasteiger partial charge on any atom is -0.337 e. The van der Waals surface area contributed by atoms with Crippen molar-refractivity contribution >= 4 is 28.2 Å². The Bertz CT molecular complexity index is 384. The number of amides is 1. The summed E-state index contributed by atoms with van der Waals surface area (Å²) in [5, 5.41) is 3.21. The number of piperazine rings is 1. The van der Waals surface area contributed by atoms with E-state index in [1.54, 1.807) is 4.90 Å². The highest BCUT2D eigenvalue weighted by Crippen LogP contribution is 2.08. The van der Waals surface area contributed by atoms with Gasteiger partial charge in [-0.05, 0) is 12.8 Å². The second kappa shape index (κ2) is 8.07. The summed E-state index contributed by atoms with van der Waals surface area (Å²) in [6.07, 6.45) is 0.111. The number of nitrogens with one attached hydrogen (secondary N) is 1. The van der Waals surface area contributed by atoms with Crippen LogP contribution in [0.25, 0.3) is 0 Å². The highest BCUT2D eigenvalue weighted by atomic mass is 35.5. The maximum Gasteiger partial charge on any atom is 0.223 e. The van der Waals surface area contributed by atoms with Crippen LogP contribution in [-0.4, -0.2) is 56.4 Å². The average Bonchev–Trinajstić information content (AvgIpc) is 2.25. The molecular formula is C12H25ClN2O3S.